The number of nitrogens with zero attached hydrogens (tertiary/aromatic N) is 2. The zero-order valence-corrected chi connectivity index (χ0v) is 9.39. The topological polar surface area (TPSA) is 61.9 Å². The van der Waals surface area contributed by atoms with Crippen LogP contribution in [0.4, 0.5) is 4.39 Å². The maximum Gasteiger partial charge on any atom is 0.156 e. The minimum atomic E-state index is -0.254. The van der Waals surface area contributed by atoms with E-state index in [1.165, 1.54) is 12.1 Å². The summed E-state index contributed by atoms with van der Waals surface area (Å²) in [6, 6.07) is 6.08. The molecule has 0 aliphatic carbocycles. The summed E-state index contributed by atoms with van der Waals surface area (Å²) in [5, 5.41) is 11.5. The Morgan fingerprint density at radius 1 is 1.50 bits per heavy atom. The van der Waals surface area contributed by atoms with Gasteiger partial charge in [-0.1, -0.05) is 17.3 Å². The Morgan fingerprint density at radius 3 is 2.56 bits per heavy atom. The smallest absolute Gasteiger partial charge is 0.156 e. The number of halogens is 1. The third kappa shape index (κ3) is 3.20. The third-order valence-corrected chi connectivity index (χ3v) is 2.55. The summed E-state index contributed by atoms with van der Waals surface area (Å²) in [5.41, 5.74) is 6.47. The Kier molecular flexibility index (Phi) is 4.25. The van der Waals surface area contributed by atoms with Crippen LogP contribution in [0, 0.1) is 5.82 Å². The first-order valence-electron chi connectivity index (χ1n) is 4.96. The predicted octanol–water partition coefficient (Wildman–Crippen LogP) is 1.39. The number of likely N-dealkylation sites (N-methyl/N-ethyl adjacent to an activating group) is 1. The second-order valence-corrected chi connectivity index (χ2v) is 3.74. The van der Waals surface area contributed by atoms with Crippen molar-refractivity contribution in [2.75, 3.05) is 7.05 Å². The molecule has 3 N–H and O–H groups in total. The summed E-state index contributed by atoms with van der Waals surface area (Å²) in [6.07, 6.45) is 0. The van der Waals surface area contributed by atoms with Gasteiger partial charge >= 0.3 is 0 Å². The summed E-state index contributed by atoms with van der Waals surface area (Å²) in [6.45, 7) is 2.44. The van der Waals surface area contributed by atoms with Crippen molar-refractivity contribution in [1.29, 1.82) is 0 Å². The van der Waals surface area contributed by atoms with Crippen molar-refractivity contribution >= 4 is 5.84 Å². The van der Waals surface area contributed by atoms with Crippen molar-refractivity contribution < 1.29 is 9.60 Å². The van der Waals surface area contributed by atoms with E-state index in [0.29, 0.717) is 6.54 Å². The van der Waals surface area contributed by atoms with Gasteiger partial charge in [0.05, 0.1) is 6.04 Å². The lowest BCUT2D eigenvalue weighted by molar-refractivity contribution is 0.279. The van der Waals surface area contributed by atoms with Crippen molar-refractivity contribution in [2.45, 2.75) is 19.5 Å². The van der Waals surface area contributed by atoms with Crippen LogP contribution in [-0.4, -0.2) is 29.0 Å². The molecule has 1 atom stereocenters. The van der Waals surface area contributed by atoms with Crippen LogP contribution in [0.25, 0.3) is 0 Å². The van der Waals surface area contributed by atoms with E-state index in [0.717, 1.165) is 5.56 Å². The molecule has 0 aliphatic heterocycles. The lowest BCUT2D eigenvalue weighted by atomic mass is 10.2. The molecule has 0 amide bonds. The Bertz CT molecular complexity index is 364. The summed E-state index contributed by atoms with van der Waals surface area (Å²) >= 11 is 0. The number of hydrogen-bond acceptors (Lipinski definition) is 3. The van der Waals surface area contributed by atoms with E-state index in [-0.39, 0.29) is 17.7 Å². The molecule has 5 heteroatoms. The van der Waals surface area contributed by atoms with Crippen LogP contribution in [0.15, 0.2) is 29.4 Å². The van der Waals surface area contributed by atoms with E-state index in [2.05, 4.69) is 5.16 Å². The normalized spacial score (nSPS) is 14.1. The number of nitrogens with two attached hydrogens (primary N) is 1. The minimum absolute atomic E-state index is 0.157. The molecular formula is C11H16FN3O. The van der Waals surface area contributed by atoms with Crippen LogP contribution in [0.2, 0.25) is 0 Å². The molecule has 0 aromatic heterocycles. The van der Waals surface area contributed by atoms with Crippen molar-refractivity contribution in [2.24, 2.45) is 10.9 Å². The van der Waals surface area contributed by atoms with Gasteiger partial charge in [0.25, 0.3) is 0 Å². The molecular weight excluding hydrogens is 209 g/mol. The van der Waals surface area contributed by atoms with E-state index < -0.39 is 0 Å². The van der Waals surface area contributed by atoms with Gasteiger partial charge in [0.2, 0.25) is 0 Å². The molecule has 0 fully saturated rings. The first-order valence-corrected chi connectivity index (χ1v) is 4.96. The lowest BCUT2D eigenvalue weighted by Crippen LogP contribution is -2.40. The average molecular weight is 225 g/mol. The van der Waals surface area contributed by atoms with Crippen LogP contribution in [0.1, 0.15) is 12.5 Å². The lowest BCUT2D eigenvalue weighted by Gasteiger charge is -2.23. The first-order chi connectivity index (χ1) is 7.54. The summed E-state index contributed by atoms with van der Waals surface area (Å²) in [5.74, 6) is -0.0968. The monoisotopic (exact) mass is 225 g/mol. The van der Waals surface area contributed by atoms with Gasteiger partial charge in [-0.3, -0.25) is 4.90 Å². The predicted molar refractivity (Wildman–Crippen MR) is 60.7 cm³/mol. The quantitative estimate of drug-likeness (QED) is 0.352. The second kappa shape index (κ2) is 5.46. The number of benzene rings is 1. The zero-order valence-electron chi connectivity index (χ0n) is 9.39. The number of amidine groups is 1. The number of hydrogen-bond donors (Lipinski definition) is 2. The second-order valence-electron chi connectivity index (χ2n) is 3.74. The van der Waals surface area contributed by atoms with Gasteiger partial charge in [-0.25, -0.2) is 4.39 Å². The van der Waals surface area contributed by atoms with E-state index in [9.17, 15) is 4.39 Å². The highest BCUT2D eigenvalue weighted by Gasteiger charge is 2.13. The van der Waals surface area contributed by atoms with Crippen molar-refractivity contribution in [3.05, 3.63) is 35.6 Å². The molecule has 0 aliphatic rings. The Balaban J connectivity index is 2.64. The highest BCUT2D eigenvalue weighted by atomic mass is 19.1. The molecule has 0 heterocycles. The summed E-state index contributed by atoms with van der Waals surface area (Å²) in [4.78, 5) is 1.91. The Labute approximate surface area is 94.2 Å². The maximum atomic E-state index is 12.7. The number of rotatable bonds is 4. The van der Waals surface area contributed by atoms with Crippen LogP contribution < -0.4 is 5.73 Å². The standard InChI is InChI=1S/C11H16FN3O/c1-8(11(13)14-16)15(2)7-9-3-5-10(12)6-4-9/h3-6,8,16H,7H2,1-2H3,(H2,13,14). The Morgan fingerprint density at radius 2 is 2.06 bits per heavy atom. The van der Waals surface area contributed by atoms with Gasteiger partial charge < -0.3 is 10.9 Å². The van der Waals surface area contributed by atoms with Crippen LogP contribution in [-0.2, 0) is 6.54 Å². The third-order valence-electron chi connectivity index (χ3n) is 2.55. The summed E-state index contributed by atoms with van der Waals surface area (Å²) in [7, 11) is 1.85. The highest BCUT2D eigenvalue weighted by Crippen LogP contribution is 2.07. The molecule has 0 spiro atoms. The molecule has 0 radical (unpaired) electrons. The van der Waals surface area contributed by atoms with E-state index in [1.54, 1.807) is 12.1 Å². The largest absolute Gasteiger partial charge is 0.409 e. The van der Waals surface area contributed by atoms with Gasteiger partial charge in [-0.15, -0.1) is 0 Å². The Hall–Kier alpha value is -1.62. The fourth-order valence-electron chi connectivity index (χ4n) is 1.32. The van der Waals surface area contributed by atoms with E-state index in [1.807, 2.05) is 18.9 Å². The van der Waals surface area contributed by atoms with Gasteiger partial charge in [0.15, 0.2) is 5.84 Å². The molecule has 4 nitrogen and oxygen atoms in total. The molecule has 88 valence electrons. The minimum Gasteiger partial charge on any atom is -0.409 e. The molecule has 1 rings (SSSR count). The van der Waals surface area contributed by atoms with Crippen molar-refractivity contribution in [3.63, 3.8) is 0 Å². The van der Waals surface area contributed by atoms with Crippen LogP contribution in [0.5, 0.6) is 0 Å². The highest BCUT2D eigenvalue weighted by molar-refractivity contribution is 5.84. The summed E-state index contributed by atoms with van der Waals surface area (Å²) < 4.78 is 12.7. The van der Waals surface area contributed by atoms with E-state index in [4.69, 9.17) is 10.9 Å². The molecule has 0 bridgehead atoms. The maximum absolute atomic E-state index is 12.7. The molecule has 1 aromatic carbocycles. The van der Waals surface area contributed by atoms with Gasteiger partial charge in [0, 0.05) is 6.54 Å². The van der Waals surface area contributed by atoms with Gasteiger partial charge in [-0.05, 0) is 31.7 Å². The first kappa shape index (κ1) is 12.4. The molecule has 16 heavy (non-hydrogen) atoms. The SMILES string of the molecule is CC(C(N)=NO)N(C)Cc1ccc(F)cc1. The number of oxime groups is 1. The van der Waals surface area contributed by atoms with Crippen molar-refractivity contribution in [3.8, 4) is 0 Å². The molecule has 0 saturated heterocycles. The zero-order chi connectivity index (χ0) is 12.1. The average Bonchev–Trinajstić information content (AvgIpc) is 2.30. The van der Waals surface area contributed by atoms with Crippen LogP contribution in [0.3, 0.4) is 0 Å². The van der Waals surface area contributed by atoms with Crippen LogP contribution >= 0.6 is 0 Å². The van der Waals surface area contributed by atoms with Gasteiger partial charge in [0.1, 0.15) is 5.82 Å². The molecule has 1 unspecified atom stereocenters. The fraction of sp³-hybridized carbons (Fsp3) is 0.364. The van der Waals surface area contributed by atoms with E-state index >= 15 is 0 Å². The van der Waals surface area contributed by atoms with Crippen molar-refractivity contribution in [1.82, 2.24) is 4.90 Å². The van der Waals surface area contributed by atoms with Gasteiger partial charge in [-0.2, -0.15) is 0 Å². The molecule has 0 saturated carbocycles. The fourth-order valence-corrected chi connectivity index (χ4v) is 1.32. The molecule has 1 aromatic rings.